The molecular weight excluding hydrogens is 809 g/mol. The maximum absolute atomic E-state index is 16.8. The van der Waals surface area contributed by atoms with Gasteiger partial charge in [-0.05, 0) is 92.5 Å². The molecule has 2 aromatic carbocycles. The van der Waals surface area contributed by atoms with Crippen molar-refractivity contribution in [3.8, 4) is 22.9 Å². The summed E-state index contributed by atoms with van der Waals surface area (Å²) in [6.45, 7) is 14.2. The lowest BCUT2D eigenvalue weighted by molar-refractivity contribution is -0.274. The summed E-state index contributed by atoms with van der Waals surface area (Å²) in [6.07, 6.45) is -3.91. The lowest BCUT2D eigenvalue weighted by Crippen LogP contribution is -2.55. The molecule has 0 radical (unpaired) electrons. The molecule has 2 amide bonds. The highest BCUT2D eigenvalue weighted by atomic mass is 32.1. The summed E-state index contributed by atoms with van der Waals surface area (Å²) in [6, 6.07) is 2.82. The van der Waals surface area contributed by atoms with Gasteiger partial charge in [-0.2, -0.15) is 9.97 Å². The number of ether oxygens (including phenoxy) is 4. The van der Waals surface area contributed by atoms with Crippen molar-refractivity contribution in [2.75, 3.05) is 50.1 Å². The molecule has 5 heterocycles. The van der Waals surface area contributed by atoms with E-state index in [9.17, 15) is 27.2 Å². The van der Waals surface area contributed by atoms with Crippen molar-refractivity contribution in [2.45, 2.75) is 104 Å². The number of carbonyl (C=O) groups is 2. The van der Waals surface area contributed by atoms with Crippen LogP contribution in [0.15, 0.2) is 18.2 Å². The first-order chi connectivity index (χ1) is 27.5. The third-order valence-corrected chi connectivity index (χ3v) is 10.6. The summed E-state index contributed by atoms with van der Waals surface area (Å²) in [5.41, 5.74) is -3.27. The summed E-state index contributed by atoms with van der Waals surface area (Å²) >= 11 is 0.675. The zero-order valence-corrected chi connectivity index (χ0v) is 34.7. The van der Waals surface area contributed by atoms with E-state index >= 15 is 8.78 Å². The van der Waals surface area contributed by atoms with Gasteiger partial charge in [0, 0.05) is 49.2 Å². The van der Waals surface area contributed by atoms with Crippen molar-refractivity contribution in [3.05, 3.63) is 29.8 Å². The lowest BCUT2D eigenvalue weighted by Gasteiger charge is -2.41. The van der Waals surface area contributed by atoms with Gasteiger partial charge in [-0.3, -0.25) is 10.2 Å². The van der Waals surface area contributed by atoms with Gasteiger partial charge in [0.05, 0.1) is 22.9 Å². The summed E-state index contributed by atoms with van der Waals surface area (Å²) < 4.78 is 106. The van der Waals surface area contributed by atoms with Gasteiger partial charge in [0.2, 0.25) is 0 Å². The molecule has 0 bridgehead atoms. The van der Waals surface area contributed by atoms with E-state index in [0.717, 1.165) is 31.2 Å². The highest BCUT2D eigenvalue weighted by molar-refractivity contribution is 7.22. The quantitative estimate of drug-likeness (QED) is 0.193. The number of nitrogens with zero attached hydrogens (tertiary/aromatic N) is 6. The van der Waals surface area contributed by atoms with Crippen LogP contribution in [0, 0.1) is 11.6 Å². The van der Waals surface area contributed by atoms with Crippen molar-refractivity contribution in [2.24, 2.45) is 0 Å². The molecule has 3 fully saturated rings. The summed E-state index contributed by atoms with van der Waals surface area (Å²) in [5.74, 6) is -3.02. The lowest BCUT2D eigenvalue weighted by atomic mass is 9.99. The van der Waals surface area contributed by atoms with Crippen LogP contribution in [-0.2, 0) is 9.47 Å². The first-order valence-electron chi connectivity index (χ1n) is 19.1. The number of benzene rings is 2. The Balaban J connectivity index is 0.000000567. The Morgan fingerprint density at radius 2 is 1.64 bits per heavy atom. The molecule has 59 heavy (non-hydrogen) atoms. The van der Waals surface area contributed by atoms with E-state index in [0.29, 0.717) is 23.9 Å². The topological polar surface area (TPSA) is 131 Å². The van der Waals surface area contributed by atoms with Crippen molar-refractivity contribution >= 4 is 55.6 Å². The Bertz CT molecular complexity index is 2200. The number of thiazole rings is 1. The molecule has 3 aliphatic heterocycles. The Kier molecular flexibility index (Phi) is 12.3. The monoisotopic (exact) mass is 855 g/mol. The molecule has 3 saturated heterocycles. The van der Waals surface area contributed by atoms with Gasteiger partial charge in [0.15, 0.2) is 10.9 Å². The normalized spacial score (nSPS) is 20.0. The van der Waals surface area contributed by atoms with Crippen LogP contribution in [0.25, 0.3) is 32.2 Å². The number of aromatic nitrogens is 3. The highest BCUT2D eigenvalue weighted by Crippen LogP contribution is 2.46. The van der Waals surface area contributed by atoms with E-state index in [2.05, 4.69) is 29.9 Å². The van der Waals surface area contributed by atoms with Crippen LogP contribution in [0.4, 0.5) is 46.9 Å². The molecule has 1 N–H and O–H groups in total. The number of rotatable bonds is 5. The number of hydrogen-bond acceptors (Lipinski definition) is 12. The van der Waals surface area contributed by atoms with Crippen molar-refractivity contribution in [1.82, 2.24) is 24.8 Å². The van der Waals surface area contributed by atoms with Gasteiger partial charge in [-0.15, -0.1) is 13.2 Å². The van der Waals surface area contributed by atoms with E-state index in [4.69, 9.17) is 14.2 Å². The largest absolute Gasteiger partial charge is 0.573 e. The number of fused-ring (bicyclic) bond motifs is 3. The molecule has 0 aliphatic carbocycles. The molecule has 7 rings (SSSR count). The van der Waals surface area contributed by atoms with Crippen LogP contribution in [-0.4, -0.2) is 113 Å². The maximum Gasteiger partial charge on any atom is 0.573 e. The summed E-state index contributed by atoms with van der Waals surface area (Å²) in [5, 5.41) is 2.08. The van der Waals surface area contributed by atoms with Crippen molar-refractivity contribution < 1.29 is 54.9 Å². The second-order valence-corrected chi connectivity index (χ2v) is 17.6. The molecule has 3 aliphatic rings. The van der Waals surface area contributed by atoms with Crippen LogP contribution in [0.3, 0.4) is 0 Å². The Hall–Kier alpha value is -4.85. The Morgan fingerprint density at radius 3 is 2.27 bits per heavy atom. The molecule has 4 aromatic rings. The fourth-order valence-electron chi connectivity index (χ4n) is 7.35. The number of nitrogens with one attached hydrogen (secondary N) is 1. The molecule has 3 unspecified atom stereocenters. The van der Waals surface area contributed by atoms with Crippen LogP contribution >= 0.6 is 11.3 Å². The van der Waals surface area contributed by atoms with Crippen LogP contribution in [0.5, 0.6) is 11.8 Å². The zero-order chi connectivity index (χ0) is 43.2. The molecule has 3 atom stereocenters. The first-order valence-corrected chi connectivity index (χ1v) is 19.9. The third-order valence-electron chi connectivity index (χ3n) is 9.65. The standard InChI is InChI=1S/C32H35F5N6O6S.C7H12FN/c1-15-14-42(11-12-43(15)29(45)49-31(5,6)7)25-17-13-19(47-32(35,36)37)20(21(34)22(17)38-26(40-25)46-8)16-9-10-18(33)24-23(16)39-27(50-24)41-28(44)48-30(2,3)4;8-6-4-7-2-1-3-9(7)5-6/h9-10,13,15H,11-12,14H2,1-8H3,(H,39,41,44);6-7H,1-5H2. The molecule has 322 valence electrons. The van der Waals surface area contributed by atoms with Gasteiger partial charge in [-0.1, -0.05) is 11.3 Å². The number of carbonyl (C=O) groups excluding carboxylic acids is 2. The second kappa shape index (κ2) is 16.7. The van der Waals surface area contributed by atoms with E-state index in [1.807, 2.05) is 0 Å². The number of halogens is 6. The van der Waals surface area contributed by atoms with Gasteiger partial charge in [-0.25, -0.2) is 27.7 Å². The fourth-order valence-corrected chi connectivity index (χ4v) is 8.23. The molecular formula is C39H47F6N7O6S. The van der Waals surface area contributed by atoms with E-state index < -0.39 is 70.4 Å². The van der Waals surface area contributed by atoms with Crippen molar-refractivity contribution in [3.63, 3.8) is 0 Å². The minimum atomic E-state index is -5.28. The molecule has 0 saturated carbocycles. The van der Waals surface area contributed by atoms with E-state index in [-0.39, 0.29) is 57.8 Å². The Morgan fingerprint density at radius 1 is 0.932 bits per heavy atom. The fraction of sp³-hybridized carbons (Fsp3) is 0.564. The number of piperazine rings is 1. The molecule has 20 heteroatoms. The average molecular weight is 856 g/mol. The highest BCUT2D eigenvalue weighted by Gasteiger charge is 2.37. The smallest absolute Gasteiger partial charge is 0.467 e. The predicted octanol–water partition coefficient (Wildman–Crippen LogP) is 9.08. The molecule has 2 aromatic heterocycles. The maximum atomic E-state index is 16.8. The average Bonchev–Trinajstić information content (AvgIpc) is 3.82. The summed E-state index contributed by atoms with van der Waals surface area (Å²) in [7, 11) is 1.24. The number of methoxy groups -OCH3 is 1. The van der Waals surface area contributed by atoms with Crippen LogP contribution in [0.1, 0.15) is 67.7 Å². The second-order valence-electron chi connectivity index (χ2n) is 16.6. The van der Waals surface area contributed by atoms with Gasteiger partial charge in [0.1, 0.15) is 40.3 Å². The Labute approximate surface area is 340 Å². The minimum absolute atomic E-state index is 0.0294. The number of alkyl halides is 4. The number of anilines is 2. The zero-order valence-electron chi connectivity index (χ0n) is 33.9. The summed E-state index contributed by atoms with van der Waals surface area (Å²) in [4.78, 5) is 43.3. The molecule has 13 nitrogen and oxygen atoms in total. The first kappa shape index (κ1) is 43.7. The minimum Gasteiger partial charge on any atom is -0.467 e. The predicted molar refractivity (Wildman–Crippen MR) is 210 cm³/mol. The van der Waals surface area contributed by atoms with Gasteiger partial charge in [0.25, 0.3) is 0 Å². The van der Waals surface area contributed by atoms with E-state index in [1.54, 1.807) is 53.4 Å². The number of hydrogen-bond donors (Lipinski definition) is 1. The van der Waals surface area contributed by atoms with E-state index in [1.165, 1.54) is 24.9 Å². The third kappa shape index (κ3) is 10.3. The number of amides is 2. The van der Waals surface area contributed by atoms with Gasteiger partial charge < -0.3 is 28.7 Å². The molecule has 0 spiro atoms. The van der Waals surface area contributed by atoms with Crippen LogP contribution < -0.4 is 19.7 Å². The van der Waals surface area contributed by atoms with Crippen LogP contribution in [0.2, 0.25) is 0 Å². The van der Waals surface area contributed by atoms with Gasteiger partial charge >= 0.3 is 24.6 Å². The SMILES string of the molecule is COc1nc(N2CCN(C(=O)OC(C)(C)C)C(C)C2)c2cc(OC(F)(F)F)c(-c3ccc(F)c4sc(NC(=O)OC(C)(C)C)nc34)c(F)c2n1.FC1CC2CCCN2C1. The van der Waals surface area contributed by atoms with Crippen molar-refractivity contribution in [1.29, 1.82) is 0 Å².